The van der Waals surface area contributed by atoms with Crippen LogP contribution in [0.1, 0.15) is 39.7 Å². The van der Waals surface area contributed by atoms with Gasteiger partial charge in [-0.25, -0.2) is 4.98 Å². The van der Waals surface area contributed by atoms with E-state index in [-0.39, 0.29) is 17.7 Å². The molecule has 1 aliphatic rings. The van der Waals surface area contributed by atoms with Crippen LogP contribution in [0.3, 0.4) is 0 Å². The van der Waals surface area contributed by atoms with Crippen LogP contribution < -0.4 is 5.32 Å². The summed E-state index contributed by atoms with van der Waals surface area (Å²) in [7, 11) is 0. The number of anilines is 1. The lowest BCUT2D eigenvalue weighted by Gasteiger charge is -2.26. The molecule has 1 aliphatic heterocycles. The van der Waals surface area contributed by atoms with Crippen molar-refractivity contribution in [2.24, 2.45) is 0 Å². The van der Waals surface area contributed by atoms with Gasteiger partial charge in [-0.2, -0.15) is 18.3 Å². The summed E-state index contributed by atoms with van der Waals surface area (Å²) >= 11 is 0. The van der Waals surface area contributed by atoms with Crippen LogP contribution in [-0.4, -0.2) is 65.4 Å². The maximum absolute atomic E-state index is 13.7. The van der Waals surface area contributed by atoms with Crippen molar-refractivity contribution >= 4 is 22.6 Å². The number of fused-ring (bicyclic) bond motifs is 1. The standard InChI is InChI=1S/C30H32F3N5O3/c1-3-26-24-6-7-27(35-28(24)37-36-26)25-17-23(5-4-19(25)2)34-29(39)21-14-20(15-22(16-21)30(31,32)33)18-41-13-10-38-8-11-40-12-9-38/h4-7,14-17H,3,8-13,18H2,1-2H3,(H,34,39)(H,35,36,37). The molecule has 3 heterocycles. The number of carbonyl (C=O) groups excluding carboxylic acids is 1. The Morgan fingerprint density at radius 2 is 1.93 bits per heavy atom. The number of H-pyrrole nitrogens is 1. The first-order valence-corrected chi connectivity index (χ1v) is 13.6. The summed E-state index contributed by atoms with van der Waals surface area (Å²) in [5, 5.41) is 11.0. The minimum absolute atomic E-state index is 0.0374. The molecule has 0 aliphatic carbocycles. The summed E-state index contributed by atoms with van der Waals surface area (Å²) in [4.78, 5) is 20.0. The van der Waals surface area contributed by atoms with Crippen LogP contribution in [0.2, 0.25) is 0 Å². The van der Waals surface area contributed by atoms with Gasteiger partial charge in [-0.15, -0.1) is 0 Å². The Morgan fingerprint density at radius 3 is 2.68 bits per heavy atom. The predicted octanol–water partition coefficient (Wildman–Crippen LogP) is 5.62. The molecule has 1 fully saturated rings. The topological polar surface area (TPSA) is 92.4 Å². The highest BCUT2D eigenvalue weighted by Crippen LogP contribution is 2.32. The van der Waals surface area contributed by atoms with E-state index in [9.17, 15) is 18.0 Å². The van der Waals surface area contributed by atoms with E-state index in [0.717, 1.165) is 53.9 Å². The molecule has 5 rings (SSSR count). The SMILES string of the molecule is CCc1[nH]nc2nc(-c3cc(NC(=O)c4cc(COCCN5CCOCC5)cc(C(F)(F)F)c4)ccc3C)ccc12. The number of halogens is 3. The molecule has 0 saturated carbocycles. The van der Waals surface area contributed by atoms with Gasteiger partial charge in [0.15, 0.2) is 5.65 Å². The van der Waals surface area contributed by atoms with Gasteiger partial charge in [-0.1, -0.05) is 13.0 Å². The van der Waals surface area contributed by atoms with Crippen molar-refractivity contribution in [3.63, 3.8) is 0 Å². The van der Waals surface area contributed by atoms with E-state index in [4.69, 9.17) is 9.47 Å². The van der Waals surface area contributed by atoms with Crippen LogP contribution in [0.15, 0.2) is 48.5 Å². The number of nitrogens with zero attached hydrogens (tertiary/aromatic N) is 3. The lowest BCUT2D eigenvalue weighted by atomic mass is 10.0. The van der Waals surface area contributed by atoms with Gasteiger partial charge in [0.05, 0.1) is 37.7 Å². The Balaban J connectivity index is 1.32. The third-order valence-electron chi connectivity index (χ3n) is 7.13. The van der Waals surface area contributed by atoms with Gasteiger partial charge in [-0.05, 0) is 66.9 Å². The zero-order valence-electron chi connectivity index (χ0n) is 23.0. The fourth-order valence-corrected chi connectivity index (χ4v) is 4.83. The Labute approximate surface area is 235 Å². The van der Waals surface area contributed by atoms with Crippen molar-refractivity contribution in [1.82, 2.24) is 20.1 Å². The van der Waals surface area contributed by atoms with Crippen LogP contribution in [0.5, 0.6) is 0 Å². The maximum atomic E-state index is 13.7. The lowest BCUT2D eigenvalue weighted by Crippen LogP contribution is -2.38. The number of rotatable bonds is 9. The van der Waals surface area contributed by atoms with E-state index in [0.29, 0.717) is 43.4 Å². The Hall–Kier alpha value is -3.80. The van der Waals surface area contributed by atoms with Gasteiger partial charge in [0.1, 0.15) is 0 Å². The van der Waals surface area contributed by atoms with Crippen molar-refractivity contribution in [2.75, 3.05) is 44.8 Å². The molecule has 0 radical (unpaired) electrons. The number of aromatic nitrogens is 3. The molecule has 2 aromatic heterocycles. The number of amides is 1. The summed E-state index contributed by atoms with van der Waals surface area (Å²) in [5.74, 6) is -0.649. The van der Waals surface area contributed by atoms with Crippen molar-refractivity contribution in [2.45, 2.75) is 33.1 Å². The molecular weight excluding hydrogens is 535 g/mol. The number of hydrogen-bond donors (Lipinski definition) is 2. The van der Waals surface area contributed by atoms with Gasteiger partial charge < -0.3 is 14.8 Å². The fourth-order valence-electron chi connectivity index (χ4n) is 4.83. The highest BCUT2D eigenvalue weighted by molar-refractivity contribution is 6.05. The molecule has 216 valence electrons. The first-order valence-electron chi connectivity index (χ1n) is 13.6. The number of hydrogen-bond acceptors (Lipinski definition) is 6. The second kappa shape index (κ2) is 12.4. The number of alkyl halides is 3. The van der Waals surface area contributed by atoms with Crippen LogP contribution in [0.4, 0.5) is 18.9 Å². The number of ether oxygens (including phenoxy) is 2. The molecule has 2 aromatic carbocycles. The fraction of sp³-hybridized carbons (Fsp3) is 0.367. The highest BCUT2D eigenvalue weighted by Gasteiger charge is 2.32. The van der Waals surface area contributed by atoms with Crippen LogP contribution in [-0.2, 0) is 28.7 Å². The van der Waals surface area contributed by atoms with E-state index >= 15 is 0 Å². The summed E-state index contributed by atoms with van der Waals surface area (Å²) in [6, 6.07) is 12.5. The average Bonchev–Trinajstić information content (AvgIpc) is 3.38. The number of aryl methyl sites for hydroxylation is 2. The van der Waals surface area contributed by atoms with E-state index < -0.39 is 17.6 Å². The number of pyridine rings is 1. The molecule has 11 heteroatoms. The molecule has 8 nitrogen and oxygen atoms in total. The third-order valence-corrected chi connectivity index (χ3v) is 7.13. The van der Waals surface area contributed by atoms with Gasteiger partial charge >= 0.3 is 6.18 Å². The highest BCUT2D eigenvalue weighted by atomic mass is 19.4. The second-order valence-corrected chi connectivity index (χ2v) is 10.0. The number of morpholine rings is 1. The van der Waals surface area contributed by atoms with Crippen molar-refractivity contribution < 1.29 is 27.4 Å². The van der Waals surface area contributed by atoms with Gasteiger partial charge in [-0.3, -0.25) is 14.8 Å². The Morgan fingerprint density at radius 1 is 1.12 bits per heavy atom. The Kier molecular flexibility index (Phi) is 8.67. The summed E-state index contributed by atoms with van der Waals surface area (Å²) in [5.41, 5.74) is 3.70. The van der Waals surface area contributed by atoms with E-state index in [1.807, 2.05) is 32.0 Å². The quantitative estimate of drug-likeness (QED) is 0.255. The van der Waals surface area contributed by atoms with Crippen molar-refractivity contribution in [3.8, 4) is 11.3 Å². The maximum Gasteiger partial charge on any atom is 0.416 e. The van der Waals surface area contributed by atoms with Crippen LogP contribution in [0, 0.1) is 6.92 Å². The van der Waals surface area contributed by atoms with Crippen LogP contribution >= 0.6 is 0 Å². The average molecular weight is 568 g/mol. The van der Waals surface area contributed by atoms with Crippen molar-refractivity contribution in [3.05, 3.63) is 76.5 Å². The normalized spacial score (nSPS) is 14.5. The molecule has 1 saturated heterocycles. The van der Waals surface area contributed by atoms with E-state index in [1.54, 1.807) is 12.1 Å². The minimum atomic E-state index is -4.61. The van der Waals surface area contributed by atoms with Gasteiger partial charge in [0.2, 0.25) is 0 Å². The molecule has 0 spiro atoms. The zero-order valence-corrected chi connectivity index (χ0v) is 23.0. The molecule has 2 N–H and O–H groups in total. The van der Waals surface area contributed by atoms with Gasteiger partial charge in [0, 0.05) is 47.5 Å². The van der Waals surface area contributed by atoms with Crippen LogP contribution in [0.25, 0.3) is 22.3 Å². The van der Waals surface area contributed by atoms with E-state index in [1.165, 1.54) is 6.07 Å². The molecule has 0 bridgehead atoms. The third kappa shape index (κ3) is 6.92. The van der Waals surface area contributed by atoms with E-state index in [2.05, 4.69) is 25.4 Å². The minimum Gasteiger partial charge on any atom is -0.379 e. The summed E-state index contributed by atoms with van der Waals surface area (Å²) < 4.78 is 52.0. The first-order chi connectivity index (χ1) is 19.7. The lowest BCUT2D eigenvalue weighted by molar-refractivity contribution is -0.137. The molecule has 4 aromatic rings. The Bertz CT molecular complexity index is 1530. The number of carbonyl (C=O) groups is 1. The molecule has 0 atom stereocenters. The predicted molar refractivity (Wildman–Crippen MR) is 150 cm³/mol. The van der Waals surface area contributed by atoms with Gasteiger partial charge in [0.25, 0.3) is 5.91 Å². The second-order valence-electron chi connectivity index (χ2n) is 10.0. The van der Waals surface area contributed by atoms with Crippen molar-refractivity contribution in [1.29, 1.82) is 0 Å². The molecule has 0 unspecified atom stereocenters. The smallest absolute Gasteiger partial charge is 0.379 e. The number of benzene rings is 2. The molecule has 1 amide bonds. The largest absolute Gasteiger partial charge is 0.416 e. The summed E-state index contributed by atoms with van der Waals surface area (Å²) in [6.45, 7) is 7.85. The monoisotopic (exact) mass is 567 g/mol. The first kappa shape index (κ1) is 28.7. The molecular formula is C30H32F3N5O3. The number of nitrogens with one attached hydrogen (secondary N) is 2. The zero-order chi connectivity index (χ0) is 29.0. The molecule has 41 heavy (non-hydrogen) atoms. The number of aromatic amines is 1. The summed E-state index contributed by atoms with van der Waals surface area (Å²) in [6.07, 6.45) is -3.81.